The lowest BCUT2D eigenvalue weighted by molar-refractivity contribution is -0.134. The van der Waals surface area contributed by atoms with Gasteiger partial charge in [-0.15, -0.1) is 0 Å². The van der Waals surface area contributed by atoms with Gasteiger partial charge in [0.1, 0.15) is 0 Å². The summed E-state index contributed by atoms with van der Waals surface area (Å²) in [5, 5.41) is 15.6. The van der Waals surface area contributed by atoms with E-state index in [0.29, 0.717) is 18.6 Å². The molecule has 0 bridgehead atoms. The van der Waals surface area contributed by atoms with Crippen molar-refractivity contribution in [3.05, 3.63) is 47.5 Å². The molecule has 1 aromatic carbocycles. The van der Waals surface area contributed by atoms with Crippen LogP contribution in [0.1, 0.15) is 35.7 Å². The van der Waals surface area contributed by atoms with Crippen molar-refractivity contribution in [2.75, 3.05) is 14.1 Å². The maximum atomic E-state index is 11.8. The Morgan fingerprint density at radius 2 is 1.57 bits per heavy atom. The minimum absolute atomic E-state index is 0.259. The molecule has 2 N–H and O–H groups in total. The van der Waals surface area contributed by atoms with Gasteiger partial charge in [-0.1, -0.05) is 31.2 Å². The van der Waals surface area contributed by atoms with Crippen LogP contribution in [0.3, 0.4) is 0 Å². The van der Waals surface area contributed by atoms with Crippen molar-refractivity contribution in [2.45, 2.75) is 26.3 Å². The van der Waals surface area contributed by atoms with Crippen molar-refractivity contribution in [1.82, 2.24) is 4.90 Å². The highest BCUT2D eigenvalue weighted by molar-refractivity contribution is 5.97. The molecular weight excluding hydrogens is 298 g/mol. The standard InChI is InChI=1S/C13H19NO.C4H4O4/c1-4-7-13(15)12-9-6-5-8-11(12)10-14(2)3;5-3(6)1-2-4(7)8/h5-6,8-9H,4,7,10H2,1-3H3;1-2H,(H,5,6)(H,7,8)/b;2-1-. The molecule has 0 aliphatic carbocycles. The van der Waals surface area contributed by atoms with Crippen molar-refractivity contribution in [3.8, 4) is 0 Å². The first kappa shape index (κ1) is 20.5. The zero-order valence-electron chi connectivity index (χ0n) is 13.7. The van der Waals surface area contributed by atoms with E-state index in [1.807, 2.05) is 45.3 Å². The molecule has 1 aromatic rings. The molecule has 126 valence electrons. The summed E-state index contributed by atoms with van der Waals surface area (Å²) < 4.78 is 0. The van der Waals surface area contributed by atoms with Gasteiger partial charge in [0, 0.05) is 30.7 Å². The lowest BCUT2D eigenvalue weighted by Crippen LogP contribution is -2.14. The number of ketones is 1. The Balaban J connectivity index is 0.000000515. The van der Waals surface area contributed by atoms with E-state index in [1.165, 1.54) is 0 Å². The summed E-state index contributed by atoms with van der Waals surface area (Å²) in [5.74, 6) is -2.25. The third-order valence-electron chi connectivity index (χ3n) is 2.65. The van der Waals surface area contributed by atoms with Gasteiger partial charge < -0.3 is 15.1 Å². The largest absolute Gasteiger partial charge is 0.478 e. The number of carboxylic acids is 2. The van der Waals surface area contributed by atoms with E-state index < -0.39 is 11.9 Å². The van der Waals surface area contributed by atoms with E-state index in [0.717, 1.165) is 24.1 Å². The van der Waals surface area contributed by atoms with Gasteiger partial charge in [-0.25, -0.2) is 9.59 Å². The van der Waals surface area contributed by atoms with Crippen molar-refractivity contribution in [2.24, 2.45) is 0 Å². The predicted octanol–water partition coefficient (Wildman–Crippen LogP) is 2.44. The number of hydrogen-bond donors (Lipinski definition) is 2. The van der Waals surface area contributed by atoms with Gasteiger partial charge in [-0.3, -0.25) is 4.79 Å². The Hall–Kier alpha value is -2.47. The average Bonchev–Trinajstić information content (AvgIpc) is 2.46. The van der Waals surface area contributed by atoms with Gasteiger partial charge in [-0.05, 0) is 26.1 Å². The molecule has 0 fully saturated rings. The van der Waals surface area contributed by atoms with Crippen LogP contribution in [0.15, 0.2) is 36.4 Å². The van der Waals surface area contributed by atoms with Crippen LogP contribution in [0.2, 0.25) is 0 Å². The van der Waals surface area contributed by atoms with E-state index >= 15 is 0 Å². The molecule has 0 saturated heterocycles. The number of aliphatic carboxylic acids is 2. The van der Waals surface area contributed by atoms with Gasteiger partial charge in [-0.2, -0.15) is 0 Å². The predicted molar refractivity (Wildman–Crippen MR) is 87.5 cm³/mol. The number of hydrogen-bond acceptors (Lipinski definition) is 4. The number of rotatable bonds is 7. The van der Waals surface area contributed by atoms with E-state index in [4.69, 9.17) is 10.2 Å². The van der Waals surface area contributed by atoms with E-state index in [-0.39, 0.29) is 5.78 Å². The Morgan fingerprint density at radius 1 is 1.04 bits per heavy atom. The summed E-state index contributed by atoms with van der Waals surface area (Å²) in [6.07, 6.45) is 2.67. The molecule has 0 unspecified atom stereocenters. The van der Waals surface area contributed by atoms with E-state index in [2.05, 4.69) is 4.90 Å². The Labute approximate surface area is 136 Å². The molecular formula is C17H23NO5. The second-order valence-electron chi connectivity index (χ2n) is 5.08. The number of nitrogens with zero attached hydrogens (tertiary/aromatic N) is 1. The number of carboxylic acid groups (broad SMARTS) is 2. The second kappa shape index (κ2) is 11.1. The van der Waals surface area contributed by atoms with Gasteiger partial charge in [0.2, 0.25) is 0 Å². The normalized spacial score (nSPS) is 10.3. The molecule has 23 heavy (non-hydrogen) atoms. The quantitative estimate of drug-likeness (QED) is 0.591. The zero-order chi connectivity index (χ0) is 17.8. The minimum Gasteiger partial charge on any atom is -0.478 e. The topological polar surface area (TPSA) is 94.9 Å². The SMILES string of the molecule is CCCC(=O)c1ccccc1CN(C)C.O=C(O)/C=C\C(=O)O. The van der Waals surface area contributed by atoms with Crippen LogP contribution in [-0.4, -0.2) is 46.9 Å². The molecule has 0 saturated carbocycles. The maximum absolute atomic E-state index is 11.8. The first-order valence-corrected chi connectivity index (χ1v) is 7.17. The second-order valence-corrected chi connectivity index (χ2v) is 5.08. The summed E-state index contributed by atoms with van der Waals surface area (Å²) in [6, 6.07) is 7.88. The van der Waals surface area contributed by atoms with Crippen LogP contribution in [0, 0.1) is 0 Å². The lowest BCUT2D eigenvalue weighted by Gasteiger charge is -2.13. The number of Topliss-reactive ketones (excluding diaryl/α,β-unsaturated/α-hetero) is 1. The number of benzene rings is 1. The van der Waals surface area contributed by atoms with Crippen molar-refractivity contribution in [3.63, 3.8) is 0 Å². The summed E-state index contributed by atoms with van der Waals surface area (Å²) in [7, 11) is 4.03. The summed E-state index contributed by atoms with van der Waals surface area (Å²) in [6.45, 7) is 2.86. The number of carbonyl (C=O) groups excluding carboxylic acids is 1. The third kappa shape index (κ3) is 9.97. The monoisotopic (exact) mass is 321 g/mol. The summed E-state index contributed by atoms with van der Waals surface area (Å²) in [4.78, 5) is 33.0. The van der Waals surface area contributed by atoms with Crippen molar-refractivity contribution >= 4 is 17.7 Å². The van der Waals surface area contributed by atoms with Crippen molar-refractivity contribution < 1.29 is 24.6 Å². The molecule has 1 rings (SSSR count). The highest BCUT2D eigenvalue weighted by atomic mass is 16.4. The first-order valence-electron chi connectivity index (χ1n) is 7.17. The molecule has 0 atom stereocenters. The van der Waals surface area contributed by atoms with E-state index in [9.17, 15) is 14.4 Å². The molecule has 0 radical (unpaired) electrons. The van der Waals surface area contributed by atoms with Crippen LogP contribution in [0.5, 0.6) is 0 Å². The zero-order valence-corrected chi connectivity index (χ0v) is 13.7. The van der Waals surface area contributed by atoms with Crippen molar-refractivity contribution in [1.29, 1.82) is 0 Å². The van der Waals surface area contributed by atoms with Crippen LogP contribution in [0.25, 0.3) is 0 Å². The molecule has 0 heterocycles. The number of carbonyl (C=O) groups is 3. The summed E-state index contributed by atoms with van der Waals surface area (Å²) in [5.41, 5.74) is 2.01. The fourth-order valence-electron chi connectivity index (χ4n) is 1.78. The minimum atomic E-state index is -1.26. The maximum Gasteiger partial charge on any atom is 0.328 e. The highest BCUT2D eigenvalue weighted by Crippen LogP contribution is 2.13. The highest BCUT2D eigenvalue weighted by Gasteiger charge is 2.09. The fourth-order valence-corrected chi connectivity index (χ4v) is 1.78. The molecule has 6 nitrogen and oxygen atoms in total. The molecule has 0 aliphatic heterocycles. The van der Waals surface area contributed by atoms with Crippen LogP contribution in [0.4, 0.5) is 0 Å². The van der Waals surface area contributed by atoms with Crippen LogP contribution >= 0.6 is 0 Å². The van der Waals surface area contributed by atoms with Gasteiger partial charge in [0.05, 0.1) is 0 Å². The molecule has 0 aliphatic rings. The third-order valence-corrected chi connectivity index (χ3v) is 2.65. The molecule has 6 heteroatoms. The Bertz CT molecular complexity index is 548. The molecule has 0 aromatic heterocycles. The Kier molecular flexibility index (Phi) is 9.95. The molecule has 0 spiro atoms. The Morgan fingerprint density at radius 3 is 2.00 bits per heavy atom. The van der Waals surface area contributed by atoms with E-state index in [1.54, 1.807) is 0 Å². The average molecular weight is 321 g/mol. The summed E-state index contributed by atoms with van der Waals surface area (Å²) >= 11 is 0. The fraction of sp³-hybridized carbons (Fsp3) is 0.353. The molecule has 0 amide bonds. The van der Waals surface area contributed by atoms with Gasteiger partial charge >= 0.3 is 11.9 Å². The lowest BCUT2D eigenvalue weighted by atomic mass is 10.0. The van der Waals surface area contributed by atoms with Gasteiger partial charge in [0.15, 0.2) is 5.78 Å². The van der Waals surface area contributed by atoms with Crippen LogP contribution in [-0.2, 0) is 16.1 Å². The smallest absolute Gasteiger partial charge is 0.328 e. The van der Waals surface area contributed by atoms with Gasteiger partial charge in [0.25, 0.3) is 0 Å². The first-order chi connectivity index (χ1) is 10.8. The van der Waals surface area contributed by atoms with Crippen LogP contribution < -0.4 is 0 Å².